The van der Waals surface area contributed by atoms with Crippen molar-refractivity contribution in [2.45, 2.75) is 56.9 Å². The molecule has 1 aromatic rings. The average Bonchev–Trinajstić information content (AvgIpc) is 2.56. The lowest BCUT2D eigenvalue weighted by Gasteiger charge is -2.30. The third kappa shape index (κ3) is 4.47. The first-order chi connectivity index (χ1) is 10.8. The maximum absolute atomic E-state index is 9.62. The predicted octanol–water partition coefficient (Wildman–Crippen LogP) is 3.82. The molecule has 0 bridgehead atoms. The molecule has 3 heteroatoms. The Hall–Kier alpha value is -1.06. The molecule has 3 rings (SSSR count). The Morgan fingerprint density at radius 2 is 1.82 bits per heavy atom. The van der Waals surface area contributed by atoms with E-state index in [4.69, 9.17) is 4.74 Å². The number of rotatable bonds is 5. The first kappa shape index (κ1) is 15.8. The van der Waals surface area contributed by atoms with Gasteiger partial charge in [0, 0.05) is 19.3 Å². The van der Waals surface area contributed by atoms with Crippen molar-refractivity contribution in [1.82, 2.24) is 5.32 Å². The summed E-state index contributed by atoms with van der Waals surface area (Å²) in [6.07, 6.45) is 8.85. The van der Waals surface area contributed by atoms with Crippen LogP contribution in [0, 0.1) is 5.92 Å². The first-order valence-electron chi connectivity index (χ1n) is 8.91. The lowest BCUT2D eigenvalue weighted by molar-refractivity contribution is 0.0775. The number of nitrogens with one attached hydrogen (secondary N) is 1. The summed E-state index contributed by atoms with van der Waals surface area (Å²) >= 11 is 0. The van der Waals surface area contributed by atoms with Gasteiger partial charge < -0.3 is 15.2 Å². The Balaban J connectivity index is 1.36. The summed E-state index contributed by atoms with van der Waals surface area (Å²) in [4.78, 5) is 0. The minimum Gasteiger partial charge on any atom is -0.508 e. The van der Waals surface area contributed by atoms with Crippen molar-refractivity contribution in [3.05, 3.63) is 29.8 Å². The van der Waals surface area contributed by atoms with Gasteiger partial charge in [-0.3, -0.25) is 0 Å². The highest BCUT2D eigenvalue weighted by atomic mass is 16.5. The largest absolute Gasteiger partial charge is 0.508 e. The molecule has 0 radical (unpaired) electrons. The Labute approximate surface area is 134 Å². The normalized spacial score (nSPS) is 26.9. The molecule has 1 heterocycles. The third-order valence-electron chi connectivity index (χ3n) is 5.40. The molecule has 0 aromatic heterocycles. The Morgan fingerprint density at radius 1 is 1.05 bits per heavy atom. The van der Waals surface area contributed by atoms with Crippen molar-refractivity contribution in [2.24, 2.45) is 5.92 Å². The van der Waals surface area contributed by atoms with Gasteiger partial charge in [0.2, 0.25) is 0 Å². The van der Waals surface area contributed by atoms with Gasteiger partial charge >= 0.3 is 0 Å². The van der Waals surface area contributed by atoms with E-state index >= 15 is 0 Å². The summed E-state index contributed by atoms with van der Waals surface area (Å²) in [6, 6.07) is 8.51. The van der Waals surface area contributed by atoms with Crippen molar-refractivity contribution in [3.8, 4) is 5.75 Å². The van der Waals surface area contributed by atoms with E-state index in [0.717, 1.165) is 25.7 Å². The molecule has 2 fully saturated rings. The van der Waals surface area contributed by atoms with Crippen LogP contribution in [0.15, 0.2) is 24.3 Å². The fraction of sp³-hybridized carbons (Fsp3) is 0.684. The van der Waals surface area contributed by atoms with Crippen LogP contribution in [0.4, 0.5) is 0 Å². The van der Waals surface area contributed by atoms with Gasteiger partial charge in [0.1, 0.15) is 5.75 Å². The summed E-state index contributed by atoms with van der Waals surface area (Å²) in [6.45, 7) is 3.01. The smallest absolute Gasteiger partial charge is 0.115 e. The zero-order valence-electron chi connectivity index (χ0n) is 13.5. The molecule has 0 unspecified atom stereocenters. The van der Waals surface area contributed by atoms with Crippen LogP contribution in [0.5, 0.6) is 5.75 Å². The van der Waals surface area contributed by atoms with Gasteiger partial charge in [-0.15, -0.1) is 0 Å². The lowest BCUT2D eigenvalue weighted by Crippen LogP contribution is -2.36. The van der Waals surface area contributed by atoms with E-state index in [2.05, 4.69) is 11.4 Å². The van der Waals surface area contributed by atoms with E-state index in [1.54, 1.807) is 6.07 Å². The Morgan fingerprint density at radius 3 is 2.55 bits per heavy atom. The number of benzene rings is 1. The second-order valence-corrected chi connectivity index (χ2v) is 6.94. The molecule has 0 spiro atoms. The number of phenolic OH excluding ortho intramolecular Hbond substituents is 1. The molecule has 2 aliphatic rings. The average molecular weight is 303 g/mol. The minimum absolute atomic E-state index is 0.403. The van der Waals surface area contributed by atoms with Gasteiger partial charge in [-0.1, -0.05) is 12.1 Å². The molecule has 1 aliphatic heterocycles. The molecule has 1 saturated heterocycles. The Bertz CT molecular complexity index is 449. The molecule has 0 atom stereocenters. The lowest BCUT2D eigenvalue weighted by atomic mass is 9.77. The number of aromatic hydroxyl groups is 1. The fourth-order valence-electron chi connectivity index (χ4n) is 3.96. The van der Waals surface area contributed by atoms with Crippen LogP contribution in [0.1, 0.15) is 56.4 Å². The molecule has 2 N–H and O–H groups in total. The molecule has 22 heavy (non-hydrogen) atoms. The SMILES string of the molecule is Oc1cccc([C@H]2CC[C@H](CCNC3CCOCC3)CC2)c1. The number of phenols is 1. The van der Waals surface area contributed by atoms with E-state index in [1.807, 2.05) is 12.1 Å². The summed E-state index contributed by atoms with van der Waals surface area (Å²) in [7, 11) is 0. The molecule has 3 nitrogen and oxygen atoms in total. The molecular formula is C19H29NO2. The fourth-order valence-corrected chi connectivity index (χ4v) is 3.96. The second kappa shape index (κ2) is 7.98. The highest BCUT2D eigenvalue weighted by Gasteiger charge is 2.22. The first-order valence-corrected chi connectivity index (χ1v) is 8.91. The van der Waals surface area contributed by atoms with Gasteiger partial charge in [0.05, 0.1) is 0 Å². The van der Waals surface area contributed by atoms with Crippen molar-refractivity contribution in [3.63, 3.8) is 0 Å². The maximum atomic E-state index is 9.62. The minimum atomic E-state index is 0.403. The zero-order valence-corrected chi connectivity index (χ0v) is 13.5. The van der Waals surface area contributed by atoms with Crippen LogP contribution >= 0.6 is 0 Å². The molecular weight excluding hydrogens is 274 g/mol. The summed E-state index contributed by atoms with van der Waals surface area (Å²) < 4.78 is 5.40. The van der Waals surface area contributed by atoms with Crippen LogP contribution in [-0.2, 0) is 4.74 Å². The Kier molecular flexibility index (Phi) is 5.74. The van der Waals surface area contributed by atoms with E-state index in [1.165, 1.54) is 50.5 Å². The van der Waals surface area contributed by atoms with Gasteiger partial charge in [-0.25, -0.2) is 0 Å². The third-order valence-corrected chi connectivity index (χ3v) is 5.40. The van der Waals surface area contributed by atoms with E-state index in [0.29, 0.717) is 17.7 Å². The zero-order chi connectivity index (χ0) is 15.2. The van der Waals surface area contributed by atoms with Crippen LogP contribution in [0.3, 0.4) is 0 Å². The number of hydrogen-bond donors (Lipinski definition) is 2. The van der Waals surface area contributed by atoms with Crippen LogP contribution in [0.2, 0.25) is 0 Å². The maximum Gasteiger partial charge on any atom is 0.115 e. The topological polar surface area (TPSA) is 41.5 Å². The standard InChI is InChI=1S/C19H29NO2/c21-19-3-1-2-17(14-19)16-6-4-15(5-7-16)8-11-20-18-9-12-22-13-10-18/h1-3,14-16,18,20-21H,4-13H2/t15-,16-. The molecule has 0 amide bonds. The van der Waals surface area contributed by atoms with Crippen LogP contribution < -0.4 is 5.32 Å². The molecule has 1 saturated carbocycles. The van der Waals surface area contributed by atoms with Crippen LogP contribution in [0.25, 0.3) is 0 Å². The van der Waals surface area contributed by atoms with Gasteiger partial charge in [-0.2, -0.15) is 0 Å². The summed E-state index contributed by atoms with van der Waals surface area (Å²) in [5, 5.41) is 13.3. The van der Waals surface area contributed by atoms with Crippen molar-refractivity contribution in [1.29, 1.82) is 0 Å². The highest BCUT2D eigenvalue weighted by Crippen LogP contribution is 2.37. The molecule has 1 aliphatic carbocycles. The van der Waals surface area contributed by atoms with Gasteiger partial charge in [-0.05, 0) is 81.0 Å². The highest BCUT2D eigenvalue weighted by molar-refractivity contribution is 5.29. The van der Waals surface area contributed by atoms with E-state index < -0.39 is 0 Å². The van der Waals surface area contributed by atoms with Crippen molar-refractivity contribution in [2.75, 3.05) is 19.8 Å². The number of hydrogen-bond acceptors (Lipinski definition) is 3. The molecule has 1 aromatic carbocycles. The summed E-state index contributed by atoms with van der Waals surface area (Å²) in [5.74, 6) is 1.92. The summed E-state index contributed by atoms with van der Waals surface area (Å²) in [5.41, 5.74) is 1.32. The monoisotopic (exact) mass is 303 g/mol. The van der Waals surface area contributed by atoms with Gasteiger partial charge in [0.25, 0.3) is 0 Å². The van der Waals surface area contributed by atoms with Crippen molar-refractivity contribution >= 4 is 0 Å². The van der Waals surface area contributed by atoms with E-state index in [9.17, 15) is 5.11 Å². The number of ether oxygens (including phenoxy) is 1. The van der Waals surface area contributed by atoms with Crippen LogP contribution in [-0.4, -0.2) is 30.9 Å². The second-order valence-electron chi connectivity index (χ2n) is 6.94. The molecule has 122 valence electrons. The van der Waals surface area contributed by atoms with Gasteiger partial charge in [0.15, 0.2) is 0 Å². The van der Waals surface area contributed by atoms with Crippen molar-refractivity contribution < 1.29 is 9.84 Å². The quantitative estimate of drug-likeness (QED) is 0.869. The van der Waals surface area contributed by atoms with E-state index in [-0.39, 0.29) is 0 Å². The predicted molar refractivity (Wildman–Crippen MR) is 89.3 cm³/mol.